The number of unbranched alkanes of at least 4 members (excludes halogenated alkanes) is 46. The number of amides is 1. The van der Waals surface area contributed by atoms with Crippen LogP contribution < -0.4 is 5.32 Å². The number of rotatable bonds is 59. The molecule has 3 N–H and O–H groups in total. The molecule has 0 bridgehead atoms. The number of esters is 1. The number of nitrogens with one attached hydrogen (secondary N) is 1. The number of ether oxygens (including phenoxy) is 1. The Labute approximate surface area is 431 Å². The van der Waals surface area contributed by atoms with Crippen molar-refractivity contribution in [2.24, 2.45) is 0 Å². The zero-order valence-electron chi connectivity index (χ0n) is 46.8. The molecule has 410 valence electrons. The van der Waals surface area contributed by atoms with Crippen molar-refractivity contribution in [2.45, 2.75) is 366 Å². The Morgan fingerprint density at radius 1 is 0.391 bits per heavy atom. The van der Waals surface area contributed by atoms with Gasteiger partial charge >= 0.3 is 5.97 Å². The van der Waals surface area contributed by atoms with Crippen molar-refractivity contribution < 1.29 is 24.5 Å². The van der Waals surface area contributed by atoms with Crippen LogP contribution in [0.15, 0.2) is 12.2 Å². The lowest BCUT2D eigenvalue weighted by Crippen LogP contribution is -2.45. The molecule has 0 aliphatic carbocycles. The van der Waals surface area contributed by atoms with Crippen LogP contribution in [-0.2, 0) is 14.3 Å². The second-order valence-electron chi connectivity index (χ2n) is 21.7. The molecule has 0 aromatic heterocycles. The fraction of sp³-hybridized carbons (Fsp3) is 0.937. The molecule has 0 aromatic rings. The van der Waals surface area contributed by atoms with Crippen LogP contribution in [0, 0.1) is 0 Å². The highest BCUT2D eigenvalue weighted by molar-refractivity contribution is 5.76. The van der Waals surface area contributed by atoms with Crippen LogP contribution in [0.5, 0.6) is 0 Å². The highest BCUT2D eigenvalue weighted by atomic mass is 16.5. The summed E-state index contributed by atoms with van der Waals surface area (Å²) in [5.74, 6) is -0.0259. The first-order valence-corrected chi connectivity index (χ1v) is 31.4. The highest BCUT2D eigenvalue weighted by Crippen LogP contribution is 2.18. The van der Waals surface area contributed by atoms with Gasteiger partial charge in [-0.15, -0.1) is 0 Å². The van der Waals surface area contributed by atoms with Crippen molar-refractivity contribution in [3.63, 3.8) is 0 Å². The maximum absolute atomic E-state index is 12.5. The minimum atomic E-state index is -0.667. The molecule has 2 unspecified atom stereocenters. The fourth-order valence-electron chi connectivity index (χ4n) is 9.99. The third-order valence-electron chi connectivity index (χ3n) is 14.8. The van der Waals surface area contributed by atoms with Crippen molar-refractivity contribution in [1.82, 2.24) is 5.32 Å². The van der Waals surface area contributed by atoms with Gasteiger partial charge in [-0.25, -0.2) is 0 Å². The van der Waals surface area contributed by atoms with Crippen molar-refractivity contribution >= 4 is 11.9 Å². The van der Waals surface area contributed by atoms with Gasteiger partial charge in [0.2, 0.25) is 5.91 Å². The molecule has 0 saturated heterocycles. The van der Waals surface area contributed by atoms with E-state index in [0.717, 1.165) is 38.5 Å². The Bertz CT molecular complexity index is 1030. The predicted octanol–water partition coefficient (Wildman–Crippen LogP) is 19.6. The third kappa shape index (κ3) is 55.8. The van der Waals surface area contributed by atoms with Gasteiger partial charge in [-0.2, -0.15) is 0 Å². The van der Waals surface area contributed by atoms with Gasteiger partial charge in [-0.05, 0) is 51.4 Å². The Kier molecular flexibility index (Phi) is 58.0. The number of aliphatic hydroxyl groups excluding tert-OH is 2. The average molecular weight is 975 g/mol. The standard InChI is InChI=1S/C63H123NO5/c1-3-5-7-9-11-13-15-17-18-19-27-30-33-37-41-45-49-53-57-63(68)69-58-54-50-46-42-38-34-31-28-25-23-21-20-22-24-26-29-32-36-40-44-48-52-56-62(67)64-60(59-65)61(66)55-51-47-43-39-35-16-14-12-10-8-6-4-2/h22,24,60-61,65-66H,3-21,23,25-59H2,1-2H3,(H,64,67)/b24-22-. The molecule has 0 aromatic carbocycles. The van der Waals surface area contributed by atoms with E-state index in [9.17, 15) is 19.8 Å². The number of hydrogen-bond acceptors (Lipinski definition) is 5. The van der Waals surface area contributed by atoms with Gasteiger partial charge in [0.15, 0.2) is 0 Å². The summed E-state index contributed by atoms with van der Waals surface area (Å²) in [4.78, 5) is 24.5. The Hall–Kier alpha value is -1.40. The van der Waals surface area contributed by atoms with E-state index in [0.29, 0.717) is 25.9 Å². The Morgan fingerprint density at radius 2 is 0.681 bits per heavy atom. The molecule has 6 heteroatoms. The second kappa shape index (κ2) is 59.2. The third-order valence-corrected chi connectivity index (χ3v) is 14.8. The van der Waals surface area contributed by atoms with Crippen LogP contribution >= 0.6 is 0 Å². The number of allylic oxidation sites excluding steroid dienone is 2. The van der Waals surface area contributed by atoms with E-state index in [1.165, 1.54) is 283 Å². The molecule has 0 rings (SSSR count). The summed E-state index contributed by atoms with van der Waals surface area (Å²) in [6.07, 6.45) is 70.8. The first-order chi connectivity index (χ1) is 34.0. The zero-order valence-corrected chi connectivity index (χ0v) is 46.8. The summed E-state index contributed by atoms with van der Waals surface area (Å²) in [6, 6.07) is -0.545. The summed E-state index contributed by atoms with van der Waals surface area (Å²) >= 11 is 0. The minimum Gasteiger partial charge on any atom is -0.466 e. The summed E-state index contributed by atoms with van der Waals surface area (Å²) in [5, 5.41) is 23.2. The smallest absolute Gasteiger partial charge is 0.305 e. The van der Waals surface area contributed by atoms with E-state index in [-0.39, 0.29) is 18.5 Å². The Morgan fingerprint density at radius 3 is 1.03 bits per heavy atom. The largest absolute Gasteiger partial charge is 0.466 e. The molecule has 0 heterocycles. The highest BCUT2D eigenvalue weighted by Gasteiger charge is 2.20. The number of hydrogen-bond donors (Lipinski definition) is 3. The van der Waals surface area contributed by atoms with Crippen LogP contribution in [0.1, 0.15) is 354 Å². The SMILES string of the molecule is CCCCCCCCCCCCCCCCCCCCC(=O)OCCCCCCCCCCCCC/C=C\CCCCCCCCCC(=O)NC(CO)C(O)CCCCCCCCCCCCCC. The number of carbonyl (C=O) groups is 2. The number of carbonyl (C=O) groups excluding carboxylic acids is 2. The van der Waals surface area contributed by atoms with Gasteiger partial charge in [0.05, 0.1) is 25.4 Å². The first kappa shape index (κ1) is 67.6. The molecule has 0 fully saturated rings. The predicted molar refractivity (Wildman–Crippen MR) is 301 cm³/mol. The van der Waals surface area contributed by atoms with E-state index in [1.54, 1.807) is 0 Å². The van der Waals surface area contributed by atoms with E-state index in [4.69, 9.17) is 4.74 Å². The molecular formula is C63H123NO5. The topological polar surface area (TPSA) is 95.9 Å². The summed E-state index contributed by atoms with van der Waals surface area (Å²) in [6.45, 7) is 4.97. The summed E-state index contributed by atoms with van der Waals surface area (Å²) < 4.78 is 5.50. The van der Waals surface area contributed by atoms with E-state index >= 15 is 0 Å². The van der Waals surface area contributed by atoms with Gasteiger partial charge in [0, 0.05) is 12.8 Å². The van der Waals surface area contributed by atoms with E-state index in [1.807, 2.05) is 0 Å². The monoisotopic (exact) mass is 974 g/mol. The maximum atomic E-state index is 12.5. The first-order valence-electron chi connectivity index (χ1n) is 31.4. The Balaban J connectivity index is 3.37. The molecule has 0 saturated carbocycles. The molecule has 6 nitrogen and oxygen atoms in total. The average Bonchev–Trinajstić information content (AvgIpc) is 3.35. The quantitative estimate of drug-likeness (QED) is 0.0321. The minimum absolute atomic E-state index is 0.0150. The van der Waals surface area contributed by atoms with Crippen molar-refractivity contribution in [1.29, 1.82) is 0 Å². The molecule has 2 atom stereocenters. The van der Waals surface area contributed by atoms with Crippen molar-refractivity contribution in [3.05, 3.63) is 12.2 Å². The fourth-order valence-corrected chi connectivity index (χ4v) is 9.99. The van der Waals surface area contributed by atoms with Crippen LogP contribution in [0.2, 0.25) is 0 Å². The lowest BCUT2D eigenvalue weighted by atomic mass is 10.0. The molecule has 0 aliphatic heterocycles. The summed E-state index contributed by atoms with van der Waals surface area (Å²) in [5.41, 5.74) is 0. The maximum Gasteiger partial charge on any atom is 0.305 e. The lowest BCUT2D eigenvalue weighted by molar-refractivity contribution is -0.143. The normalized spacial score (nSPS) is 12.6. The zero-order chi connectivity index (χ0) is 50.0. The number of aliphatic hydroxyl groups is 2. The molecule has 0 radical (unpaired) electrons. The van der Waals surface area contributed by atoms with Crippen molar-refractivity contribution in [3.8, 4) is 0 Å². The van der Waals surface area contributed by atoms with Crippen LogP contribution in [0.25, 0.3) is 0 Å². The van der Waals surface area contributed by atoms with E-state index < -0.39 is 12.1 Å². The van der Waals surface area contributed by atoms with Crippen LogP contribution in [0.4, 0.5) is 0 Å². The molecule has 1 amide bonds. The van der Waals surface area contributed by atoms with Crippen LogP contribution in [0.3, 0.4) is 0 Å². The van der Waals surface area contributed by atoms with Gasteiger partial charge in [0.25, 0.3) is 0 Å². The van der Waals surface area contributed by atoms with Gasteiger partial charge in [-0.1, -0.05) is 302 Å². The van der Waals surface area contributed by atoms with Crippen molar-refractivity contribution in [2.75, 3.05) is 13.2 Å². The second-order valence-corrected chi connectivity index (χ2v) is 21.7. The van der Waals surface area contributed by atoms with Crippen LogP contribution in [-0.4, -0.2) is 47.4 Å². The lowest BCUT2D eigenvalue weighted by Gasteiger charge is -2.22. The molecule has 0 aliphatic rings. The molecule has 0 spiro atoms. The van der Waals surface area contributed by atoms with Gasteiger partial charge in [-0.3, -0.25) is 9.59 Å². The van der Waals surface area contributed by atoms with Gasteiger partial charge < -0.3 is 20.3 Å². The van der Waals surface area contributed by atoms with E-state index in [2.05, 4.69) is 31.3 Å². The molecule has 69 heavy (non-hydrogen) atoms. The molecular weight excluding hydrogens is 851 g/mol. The summed E-state index contributed by atoms with van der Waals surface area (Å²) in [7, 11) is 0. The van der Waals surface area contributed by atoms with Gasteiger partial charge in [0.1, 0.15) is 0 Å².